The smallest absolute Gasteiger partial charge is 0.155 e. The zero-order valence-electron chi connectivity index (χ0n) is 17.0. The number of allylic oxidation sites excluding steroid dienone is 2. The summed E-state index contributed by atoms with van der Waals surface area (Å²) in [5.41, 5.74) is 1.64. The van der Waals surface area contributed by atoms with Crippen molar-refractivity contribution in [3.05, 3.63) is 23.1 Å². The molecule has 27 heavy (non-hydrogen) atoms. The molecule has 0 aromatic heterocycles. The summed E-state index contributed by atoms with van der Waals surface area (Å²) in [5.74, 6) is 3.95. The van der Waals surface area contributed by atoms with Crippen LogP contribution in [0.25, 0.3) is 0 Å². The number of carbonyl (C=O) groups excluding carboxylic acids is 2. The quantitative estimate of drug-likeness (QED) is 0.571. The van der Waals surface area contributed by atoms with Crippen LogP contribution in [0.1, 0.15) is 78.1 Å². The number of hydrogen-bond donors (Lipinski definition) is 0. The molecule has 3 fully saturated rings. The van der Waals surface area contributed by atoms with E-state index in [1.807, 2.05) is 17.8 Å². The van der Waals surface area contributed by atoms with Gasteiger partial charge in [-0.3, -0.25) is 9.59 Å². The van der Waals surface area contributed by atoms with Crippen molar-refractivity contribution in [1.29, 1.82) is 0 Å². The second kappa shape index (κ2) is 7.54. The lowest BCUT2D eigenvalue weighted by molar-refractivity contribution is -0.133. The van der Waals surface area contributed by atoms with E-state index in [-0.39, 0.29) is 10.8 Å². The minimum Gasteiger partial charge on any atom is -0.299 e. The van der Waals surface area contributed by atoms with Crippen molar-refractivity contribution in [2.45, 2.75) is 78.1 Å². The second-order valence-electron chi connectivity index (χ2n) is 9.49. The molecule has 0 spiro atoms. The molecule has 3 heteroatoms. The first-order valence-corrected chi connectivity index (χ1v) is 12.1. The largest absolute Gasteiger partial charge is 0.299 e. The first kappa shape index (κ1) is 19.5. The Labute approximate surface area is 168 Å². The first-order valence-electron chi connectivity index (χ1n) is 11.0. The Hall–Kier alpha value is -0.830. The second-order valence-corrected chi connectivity index (χ2v) is 10.7. The maximum Gasteiger partial charge on any atom is 0.155 e. The van der Waals surface area contributed by atoms with Gasteiger partial charge in [-0.05, 0) is 91.8 Å². The van der Waals surface area contributed by atoms with E-state index >= 15 is 0 Å². The molecule has 0 radical (unpaired) electrons. The van der Waals surface area contributed by atoms with Crippen LogP contribution in [0.5, 0.6) is 0 Å². The number of thioether (sulfide) groups is 1. The van der Waals surface area contributed by atoms with Crippen LogP contribution in [0, 0.1) is 28.6 Å². The van der Waals surface area contributed by atoms with Gasteiger partial charge in [0.05, 0.1) is 0 Å². The molecule has 2 nitrogen and oxygen atoms in total. The van der Waals surface area contributed by atoms with Crippen molar-refractivity contribution in [2.24, 2.45) is 28.6 Å². The molecule has 5 atom stereocenters. The lowest BCUT2D eigenvalue weighted by atomic mass is 9.46. The topological polar surface area (TPSA) is 34.1 Å². The van der Waals surface area contributed by atoms with Crippen LogP contribution in [-0.4, -0.2) is 17.3 Å². The highest BCUT2D eigenvalue weighted by Gasteiger charge is 2.59. The minimum atomic E-state index is -0.0499. The van der Waals surface area contributed by atoms with Crippen molar-refractivity contribution in [3.63, 3.8) is 0 Å². The fourth-order valence-electron chi connectivity index (χ4n) is 7.18. The van der Waals surface area contributed by atoms with Crippen molar-refractivity contribution in [1.82, 2.24) is 0 Å². The Morgan fingerprint density at radius 2 is 1.96 bits per heavy atom. The summed E-state index contributed by atoms with van der Waals surface area (Å²) in [4.78, 5) is 24.8. The van der Waals surface area contributed by atoms with Gasteiger partial charge in [0.2, 0.25) is 0 Å². The zero-order chi connectivity index (χ0) is 19.1. The number of carbonyl (C=O) groups is 2. The molecule has 0 aliphatic heterocycles. The summed E-state index contributed by atoms with van der Waals surface area (Å²) in [7, 11) is 0. The van der Waals surface area contributed by atoms with Crippen LogP contribution in [0.2, 0.25) is 0 Å². The standard InChI is InChI=1S/C24H34O2S/c1-3-27-15-5-4-12-24-14-10-18(25)16-17(24)6-7-19-20-8-9-22(26)23(20,2)13-11-21(19)24/h5,15-16,19-21H,3-4,6-14H2,1-2H3/t19-,20-,21+,23-,24-/m0/s1. The summed E-state index contributed by atoms with van der Waals surface area (Å²) in [6.45, 7) is 4.45. The predicted octanol–water partition coefficient (Wildman–Crippen LogP) is 6.11. The molecular weight excluding hydrogens is 352 g/mol. The van der Waals surface area contributed by atoms with Crippen LogP contribution in [-0.2, 0) is 9.59 Å². The summed E-state index contributed by atoms with van der Waals surface area (Å²) >= 11 is 1.87. The van der Waals surface area contributed by atoms with Crippen molar-refractivity contribution in [3.8, 4) is 0 Å². The maximum absolute atomic E-state index is 12.6. The summed E-state index contributed by atoms with van der Waals surface area (Å²) < 4.78 is 0. The van der Waals surface area contributed by atoms with E-state index in [0.717, 1.165) is 50.7 Å². The molecule has 0 unspecified atom stereocenters. The lowest BCUT2D eigenvalue weighted by Crippen LogP contribution is -2.51. The molecule has 4 aliphatic rings. The van der Waals surface area contributed by atoms with Crippen LogP contribution >= 0.6 is 11.8 Å². The van der Waals surface area contributed by atoms with Gasteiger partial charge in [-0.25, -0.2) is 0 Å². The zero-order valence-corrected chi connectivity index (χ0v) is 17.8. The predicted molar refractivity (Wildman–Crippen MR) is 113 cm³/mol. The van der Waals surface area contributed by atoms with Gasteiger partial charge in [-0.15, -0.1) is 11.8 Å². The minimum absolute atomic E-state index is 0.0499. The fraction of sp³-hybridized carbons (Fsp3) is 0.750. The number of hydrogen-bond acceptors (Lipinski definition) is 3. The molecule has 148 valence electrons. The van der Waals surface area contributed by atoms with Gasteiger partial charge in [0, 0.05) is 18.3 Å². The molecule has 0 heterocycles. The molecule has 0 aromatic carbocycles. The third-order valence-electron chi connectivity index (χ3n) is 8.51. The Balaban J connectivity index is 1.62. The van der Waals surface area contributed by atoms with E-state index in [0.29, 0.717) is 29.3 Å². The molecule has 0 saturated heterocycles. The number of rotatable bonds is 5. The highest BCUT2D eigenvalue weighted by molar-refractivity contribution is 8.02. The number of Topliss-reactive ketones (excluding diaryl/α,β-unsaturated/α-hetero) is 1. The van der Waals surface area contributed by atoms with Crippen molar-refractivity contribution in [2.75, 3.05) is 5.75 Å². The third-order valence-corrected chi connectivity index (χ3v) is 9.23. The van der Waals surface area contributed by atoms with Crippen LogP contribution < -0.4 is 0 Å². The Bertz CT molecular complexity index is 678. The molecule has 3 saturated carbocycles. The third kappa shape index (κ3) is 3.18. The maximum atomic E-state index is 12.6. The number of ketones is 2. The molecule has 0 aromatic rings. The summed E-state index contributed by atoms with van der Waals surface area (Å²) in [6.07, 6.45) is 14.9. The van der Waals surface area contributed by atoms with E-state index in [1.165, 1.54) is 24.8 Å². The van der Waals surface area contributed by atoms with Gasteiger partial charge in [-0.2, -0.15) is 0 Å². The van der Waals surface area contributed by atoms with Gasteiger partial charge >= 0.3 is 0 Å². The van der Waals surface area contributed by atoms with Crippen LogP contribution in [0.4, 0.5) is 0 Å². The Morgan fingerprint density at radius 3 is 2.78 bits per heavy atom. The van der Waals surface area contributed by atoms with Crippen LogP contribution in [0.3, 0.4) is 0 Å². The average molecular weight is 387 g/mol. The number of fused-ring (bicyclic) bond motifs is 5. The van der Waals surface area contributed by atoms with Gasteiger partial charge in [0.1, 0.15) is 5.78 Å². The lowest BCUT2D eigenvalue weighted by Gasteiger charge is -2.58. The molecule has 4 rings (SSSR count). The van der Waals surface area contributed by atoms with E-state index in [2.05, 4.69) is 25.3 Å². The molecular formula is C24H34O2S. The average Bonchev–Trinajstić information content (AvgIpc) is 2.97. The normalized spacial score (nSPS) is 41.3. The monoisotopic (exact) mass is 386 g/mol. The van der Waals surface area contributed by atoms with Crippen molar-refractivity contribution < 1.29 is 9.59 Å². The molecule has 0 bridgehead atoms. The van der Waals surface area contributed by atoms with Gasteiger partial charge < -0.3 is 0 Å². The molecule has 0 amide bonds. The molecule has 4 aliphatic carbocycles. The van der Waals surface area contributed by atoms with Crippen LogP contribution in [0.15, 0.2) is 23.1 Å². The van der Waals surface area contributed by atoms with E-state index in [4.69, 9.17) is 0 Å². The van der Waals surface area contributed by atoms with E-state index in [9.17, 15) is 9.59 Å². The summed E-state index contributed by atoms with van der Waals surface area (Å²) in [5, 5.41) is 2.25. The van der Waals surface area contributed by atoms with Gasteiger partial charge in [-0.1, -0.05) is 25.5 Å². The summed E-state index contributed by atoms with van der Waals surface area (Å²) in [6, 6.07) is 0. The SMILES string of the molecule is CCSC=CCC[C@]12CCC(=O)C=C1CC[C@@H]1[C@H]2CC[C@]2(C)C(=O)CC[C@@H]12. The first-order chi connectivity index (χ1) is 13.0. The Kier molecular flexibility index (Phi) is 5.44. The fourth-order valence-corrected chi connectivity index (χ4v) is 7.64. The van der Waals surface area contributed by atoms with Gasteiger partial charge in [0.15, 0.2) is 5.78 Å². The highest BCUT2D eigenvalue weighted by Crippen LogP contribution is 2.65. The van der Waals surface area contributed by atoms with E-state index in [1.54, 1.807) is 0 Å². The highest BCUT2D eigenvalue weighted by atomic mass is 32.2. The van der Waals surface area contributed by atoms with Crippen molar-refractivity contribution >= 4 is 23.3 Å². The Morgan fingerprint density at radius 1 is 1.11 bits per heavy atom. The molecule has 0 N–H and O–H groups in total. The van der Waals surface area contributed by atoms with Gasteiger partial charge in [0.25, 0.3) is 0 Å². The van der Waals surface area contributed by atoms with E-state index < -0.39 is 0 Å².